The Morgan fingerprint density at radius 3 is 2.35 bits per heavy atom. The zero-order chi connectivity index (χ0) is 15.2. The Kier molecular flexibility index (Phi) is 6.96. The van der Waals surface area contributed by atoms with Gasteiger partial charge in [0.2, 0.25) is 5.91 Å². The van der Waals surface area contributed by atoms with Gasteiger partial charge in [-0.3, -0.25) is 4.79 Å². The number of amides is 1. The molecule has 4 heteroatoms. The maximum atomic E-state index is 12.1. The summed E-state index contributed by atoms with van der Waals surface area (Å²) in [4.78, 5) is 12.1. The van der Waals surface area contributed by atoms with Crippen LogP contribution in [0.25, 0.3) is 0 Å². The number of hydrogen-bond donors (Lipinski definition) is 2. The molecule has 1 fully saturated rings. The molecular formula is C16H32N2O2. The molecule has 0 spiro atoms. The van der Waals surface area contributed by atoms with Crippen LogP contribution in [0.3, 0.4) is 0 Å². The van der Waals surface area contributed by atoms with Gasteiger partial charge >= 0.3 is 0 Å². The predicted octanol–water partition coefficient (Wildman–Crippen LogP) is 2.62. The molecule has 0 saturated heterocycles. The van der Waals surface area contributed by atoms with Crippen molar-refractivity contribution >= 4 is 5.91 Å². The summed E-state index contributed by atoms with van der Waals surface area (Å²) in [6.45, 7) is 11.2. The van der Waals surface area contributed by atoms with Crippen LogP contribution in [0.4, 0.5) is 0 Å². The number of ether oxygens (including phenoxy) is 1. The fourth-order valence-corrected chi connectivity index (χ4v) is 2.57. The van der Waals surface area contributed by atoms with Crippen molar-refractivity contribution in [3.63, 3.8) is 0 Å². The summed E-state index contributed by atoms with van der Waals surface area (Å²) in [5.74, 6) is 0.00524. The van der Waals surface area contributed by atoms with Gasteiger partial charge in [0.25, 0.3) is 0 Å². The van der Waals surface area contributed by atoms with Gasteiger partial charge in [-0.25, -0.2) is 0 Å². The van der Waals surface area contributed by atoms with Crippen LogP contribution in [-0.4, -0.2) is 36.2 Å². The van der Waals surface area contributed by atoms with Crippen molar-refractivity contribution in [1.82, 2.24) is 10.6 Å². The molecule has 2 N–H and O–H groups in total. The van der Waals surface area contributed by atoms with Gasteiger partial charge in [0.1, 0.15) is 6.10 Å². The molecule has 0 heterocycles. The highest BCUT2D eigenvalue weighted by Gasteiger charge is 2.27. The lowest BCUT2D eigenvalue weighted by Gasteiger charge is -2.32. The first-order valence-corrected chi connectivity index (χ1v) is 8.08. The summed E-state index contributed by atoms with van der Waals surface area (Å²) in [6.07, 6.45) is 5.18. The van der Waals surface area contributed by atoms with Crippen molar-refractivity contribution in [1.29, 1.82) is 0 Å². The highest BCUT2D eigenvalue weighted by Crippen LogP contribution is 2.22. The molecule has 0 aromatic carbocycles. The van der Waals surface area contributed by atoms with Crippen LogP contribution in [0, 0.1) is 0 Å². The summed E-state index contributed by atoms with van der Waals surface area (Å²) >= 11 is 0. The fraction of sp³-hybridized carbons (Fsp3) is 0.938. The van der Waals surface area contributed by atoms with E-state index in [2.05, 4.69) is 24.5 Å². The lowest BCUT2D eigenvalue weighted by molar-refractivity contribution is -0.138. The van der Waals surface area contributed by atoms with Crippen LogP contribution in [0.2, 0.25) is 0 Å². The van der Waals surface area contributed by atoms with E-state index in [4.69, 9.17) is 4.74 Å². The van der Waals surface area contributed by atoms with E-state index in [9.17, 15) is 4.79 Å². The van der Waals surface area contributed by atoms with E-state index < -0.39 is 0 Å². The summed E-state index contributed by atoms with van der Waals surface area (Å²) < 4.78 is 5.93. The number of carbonyl (C=O) groups is 1. The maximum absolute atomic E-state index is 12.1. The van der Waals surface area contributed by atoms with Crippen LogP contribution in [0.5, 0.6) is 0 Å². The molecule has 1 unspecified atom stereocenters. The lowest BCUT2D eigenvalue weighted by Crippen LogP contribution is -2.48. The molecule has 1 atom stereocenters. The molecule has 4 nitrogen and oxygen atoms in total. The molecule has 20 heavy (non-hydrogen) atoms. The van der Waals surface area contributed by atoms with Crippen LogP contribution in [0.15, 0.2) is 0 Å². The van der Waals surface area contributed by atoms with Crippen LogP contribution in [-0.2, 0) is 9.53 Å². The van der Waals surface area contributed by atoms with Crippen molar-refractivity contribution in [2.75, 3.05) is 6.54 Å². The molecule has 1 aliphatic rings. The molecule has 1 amide bonds. The molecule has 0 aromatic rings. The maximum Gasteiger partial charge on any atom is 0.249 e. The molecule has 1 aliphatic carbocycles. The Hall–Kier alpha value is -0.610. The Labute approximate surface area is 124 Å². The van der Waals surface area contributed by atoms with Gasteiger partial charge in [0, 0.05) is 11.6 Å². The topological polar surface area (TPSA) is 50.4 Å². The second kappa shape index (κ2) is 7.99. The normalized spacial score (nSPS) is 25.2. The molecule has 0 aromatic heterocycles. The van der Waals surface area contributed by atoms with E-state index in [1.165, 1.54) is 0 Å². The summed E-state index contributed by atoms with van der Waals surface area (Å²) in [6, 6.07) is 0.628. The van der Waals surface area contributed by atoms with Gasteiger partial charge in [-0.1, -0.05) is 13.8 Å². The minimum atomic E-state index is -0.360. The van der Waals surface area contributed by atoms with Gasteiger partial charge in [-0.2, -0.15) is 0 Å². The standard InChI is InChI=1S/C16H32N2O2/c1-6-16(4,5)18-15(19)12(3)20-14-10-8-13(9-11-14)17-7-2/h12-14,17H,6-11H2,1-5H3,(H,18,19). The third kappa shape index (κ3) is 5.80. The zero-order valence-electron chi connectivity index (χ0n) is 13.8. The van der Waals surface area contributed by atoms with E-state index in [1.807, 2.05) is 20.8 Å². The average Bonchev–Trinajstić information content (AvgIpc) is 2.41. The largest absolute Gasteiger partial charge is 0.365 e. The van der Waals surface area contributed by atoms with Crippen molar-refractivity contribution in [3.8, 4) is 0 Å². The number of nitrogens with one attached hydrogen (secondary N) is 2. The van der Waals surface area contributed by atoms with E-state index in [0.29, 0.717) is 6.04 Å². The highest BCUT2D eigenvalue weighted by atomic mass is 16.5. The Bertz CT molecular complexity index is 297. The van der Waals surface area contributed by atoms with Crippen molar-refractivity contribution < 1.29 is 9.53 Å². The molecule has 0 aliphatic heterocycles. The van der Waals surface area contributed by atoms with Crippen LogP contribution in [0.1, 0.15) is 66.7 Å². The number of hydrogen-bond acceptors (Lipinski definition) is 3. The molecule has 1 saturated carbocycles. The minimum absolute atomic E-state index is 0.00524. The second-order valence-corrected chi connectivity index (χ2v) is 6.54. The Balaban J connectivity index is 2.32. The van der Waals surface area contributed by atoms with Gasteiger partial charge in [-0.15, -0.1) is 0 Å². The predicted molar refractivity (Wildman–Crippen MR) is 82.8 cm³/mol. The van der Waals surface area contributed by atoms with Gasteiger partial charge in [0.15, 0.2) is 0 Å². The minimum Gasteiger partial charge on any atom is -0.365 e. The average molecular weight is 284 g/mol. The van der Waals surface area contributed by atoms with Crippen molar-refractivity contribution in [2.24, 2.45) is 0 Å². The molecule has 118 valence electrons. The monoisotopic (exact) mass is 284 g/mol. The number of rotatable bonds is 7. The number of carbonyl (C=O) groups excluding carboxylic acids is 1. The quantitative estimate of drug-likeness (QED) is 0.755. The molecule has 0 radical (unpaired) electrons. The van der Waals surface area contributed by atoms with E-state index in [0.717, 1.165) is 38.6 Å². The van der Waals surface area contributed by atoms with Crippen LogP contribution >= 0.6 is 0 Å². The fourth-order valence-electron chi connectivity index (χ4n) is 2.57. The summed E-state index contributed by atoms with van der Waals surface area (Å²) in [5.41, 5.74) is -0.155. The molecule has 1 rings (SSSR count). The van der Waals surface area contributed by atoms with E-state index in [-0.39, 0.29) is 23.7 Å². The van der Waals surface area contributed by atoms with Crippen LogP contribution < -0.4 is 10.6 Å². The smallest absolute Gasteiger partial charge is 0.249 e. The molecular weight excluding hydrogens is 252 g/mol. The second-order valence-electron chi connectivity index (χ2n) is 6.54. The van der Waals surface area contributed by atoms with E-state index in [1.54, 1.807) is 0 Å². The Morgan fingerprint density at radius 2 is 1.85 bits per heavy atom. The summed E-state index contributed by atoms with van der Waals surface area (Å²) in [5, 5.41) is 6.53. The van der Waals surface area contributed by atoms with E-state index >= 15 is 0 Å². The van der Waals surface area contributed by atoms with Gasteiger partial charge in [0.05, 0.1) is 6.10 Å². The Morgan fingerprint density at radius 1 is 1.25 bits per heavy atom. The SMILES string of the molecule is CCNC1CCC(OC(C)C(=O)NC(C)(C)CC)CC1. The van der Waals surface area contributed by atoms with Crippen molar-refractivity contribution in [2.45, 2.75) is 90.5 Å². The van der Waals surface area contributed by atoms with Gasteiger partial charge in [-0.05, 0) is 59.4 Å². The zero-order valence-corrected chi connectivity index (χ0v) is 13.8. The third-order valence-electron chi connectivity index (χ3n) is 4.28. The molecule has 0 bridgehead atoms. The van der Waals surface area contributed by atoms with Crippen molar-refractivity contribution in [3.05, 3.63) is 0 Å². The first kappa shape index (κ1) is 17.4. The summed E-state index contributed by atoms with van der Waals surface area (Å²) in [7, 11) is 0. The third-order valence-corrected chi connectivity index (χ3v) is 4.28. The first-order valence-electron chi connectivity index (χ1n) is 8.08. The highest BCUT2D eigenvalue weighted by molar-refractivity contribution is 5.81. The van der Waals surface area contributed by atoms with Gasteiger partial charge < -0.3 is 15.4 Å². The lowest BCUT2D eigenvalue weighted by atomic mass is 9.93. The first-order chi connectivity index (χ1) is 9.38.